The predicted octanol–water partition coefficient (Wildman–Crippen LogP) is 2.15. The Bertz CT molecular complexity index is 720. The van der Waals surface area contributed by atoms with Crippen molar-refractivity contribution in [3.8, 4) is 0 Å². The van der Waals surface area contributed by atoms with Crippen LogP contribution in [0.5, 0.6) is 0 Å². The predicted molar refractivity (Wildman–Crippen MR) is 82.8 cm³/mol. The summed E-state index contributed by atoms with van der Waals surface area (Å²) < 4.78 is 2.10. The van der Waals surface area contributed by atoms with Gasteiger partial charge < -0.3 is 10.3 Å². The van der Waals surface area contributed by atoms with Gasteiger partial charge in [-0.05, 0) is 36.6 Å². The Kier molecular flexibility index (Phi) is 3.92. The van der Waals surface area contributed by atoms with Crippen LogP contribution in [0.3, 0.4) is 0 Å². The summed E-state index contributed by atoms with van der Waals surface area (Å²) >= 11 is 0. The molecule has 1 unspecified atom stereocenters. The lowest BCUT2D eigenvalue weighted by atomic mass is 10.1. The SMILES string of the molecule is CCC(N)Cc1cn(Cc2ncccn2)c2ncccc12. The van der Waals surface area contributed by atoms with Crippen molar-refractivity contribution in [2.45, 2.75) is 32.4 Å². The lowest BCUT2D eigenvalue weighted by molar-refractivity contribution is 0.646. The number of aromatic nitrogens is 4. The molecule has 3 rings (SSSR count). The molecule has 0 bridgehead atoms. The van der Waals surface area contributed by atoms with Crippen LogP contribution in [-0.2, 0) is 13.0 Å². The first-order valence-electron chi connectivity index (χ1n) is 7.22. The average Bonchev–Trinajstić information content (AvgIpc) is 2.86. The molecule has 108 valence electrons. The standard InChI is InChI=1S/C16H19N5/c1-2-13(17)9-12-10-21(11-15-18-7-4-8-19-15)16-14(12)5-3-6-20-16/h3-8,10,13H,2,9,11,17H2,1H3. The van der Waals surface area contributed by atoms with E-state index in [0.717, 1.165) is 29.7 Å². The molecule has 0 fully saturated rings. The number of hydrogen-bond donors (Lipinski definition) is 1. The summed E-state index contributed by atoms with van der Waals surface area (Å²) in [6.07, 6.45) is 9.29. The second kappa shape index (κ2) is 6.01. The van der Waals surface area contributed by atoms with Gasteiger partial charge >= 0.3 is 0 Å². The molecule has 0 aromatic carbocycles. The molecule has 5 nitrogen and oxygen atoms in total. The minimum atomic E-state index is 0.178. The molecule has 0 amide bonds. The van der Waals surface area contributed by atoms with Crippen molar-refractivity contribution in [1.82, 2.24) is 19.5 Å². The van der Waals surface area contributed by atoms with Crippen molar-refractivity contribution >= 4 is 11.0 Å². The number of pyridine rings is 1. The fraction of sp³-hybridized carbons (Fsp3) is 0.312. The Hall–Kier alpha value is -2.27. The van der Waals surface area contributed by atoms with Gasteiger partial charge in [0.15, 0.2) is 0 Å². The Balaban J connectivity index is 1.99. The van der Waals surface area contributed by atoms with Crippen LogP contribution in [0.4, 0.5) is 0 Å². The molecule has 3 aromatic heterocycles. The summed E-state index contributed by atoms with van der Waals surface area (Å²) in [4.78, 5) is 13.1. The van der Waals surface area contributed by atoms with Gasteiger partial charge in [0, 0.05) is 36.2 Å². The maximum absolute atomic E-state index is 6.10. The lowest BCUT2D eigenvalue weighted by Crippen LogP contribution is -2.21. The second-order valence-corrected chi connectivity index (χ2v) is 5.19. The Labute approximate surface area is 123 Å². The van der Waals surface area contributed by atoms with Gasteiger partial charge in [0.25, 0.3) is 0 Å². The third-order valence-electron chi connectivity index (χ3n) is 3.65. The highest BCUT2D eigenvalue weighted by molar-refractivity contribution is 5.80. The summed E-state index contributed by atoms with van der Waals surface area (Å²) in [6.45, 7) is 2.73. The van der Waals surface area contributed by atoms with Gasteiger partial charge in [-0.15, -0.1) is 0 Å². The van der Waals surface area contributed by atoms with Crippen LogP contribution in [0.15, 0.2) is 43.0 Å². The molecule has 1 atom stereocenters. The second-order valence-electron chi connectivity index (χ2n) is 5.19. The highest BCUT2D eigenvalue weighted by Crippen LogP contribution is 2.21. The van der Waals surface area contributed by atoms with Crippen LogP contribution >= 0.6 is 0 Å². The molecular weight excluding hydrogens is 262 g/mol. The molecule has 0 saturated heterocycles. The third kappa shape index (κ3) is 2.92. The lowest BCUT2D eigenvalue weighted by Gasteiger charge is -2.06. The Morgan fingerprint density at radius 1 is 1.14 bits per heavy atom. The first kappa shape index (κ1) is 13.7. The van der Waals surface area contributed by atoms with Gasteiger partial charge in [-0.2, -0.15) is 0 Å². The topological polar surface area (TPSA) is 69.6 Å². The molecule has 0 aliphatic rings. The van der Waals surface area contributed by atoms with Crippen LogP contribution in [0.25, 0.3) is 11.0 Å². The minimum absolute atomic E-state index is 0.178. The summed E-state index contributed by atoms with van der Waals surface area (Å²) in [5, 5.41) is 1.16. The number of rotatable bonds is 5. The van der Waals surface area contributed by atoms with E-state index >= 15 is 0 Å². The fourth-order valence-corrected chi connectivity index (χ4v) is 2.47. The van der Waals surface area contributed by atoms with E-state index in [-0.39, 0.29) is 6.04 Å². The van der Waals surface area contributed by atoms with E-state index in [1.54, 1.807) is 12.4 Å². The summed E-state index contributed by atoms with van der Waals surface area (Å²) in [6, 6.07) is 6.06. The summed E-state index contributed by atoms with van der Waals surface area (Å²) in [7, 11) is 0. The molecule has 3 aromatic rings. The van der Waals surface area contributed by atoms with Gasteiger partial charge in [0.05, 0.1) is 6.54 Å². The molecule has 0 aliphatic heterocycles. The molecule has 0 radical (unpaired) electrons. The van der Waals surface area contributed by atoms with Crippen LogP contribution in [0.2, 0.25) is 0 Å². The number of hydrogen-bond acceptors (Lipinski definition) is 4. The number of nitrogens with zero attached hydrogens (tertiary/aromatic N) is 4. The maximum Gasteiger partial charge on any atom is 0.147 e. The van der Waals surface area contributed by atoms with Crippen molar-refractivity contribution in [2.24, 2.45) is 5.73 Å². The van der Waals surface area contributed by atoms with E-state index in [4.69, 9.17) is 5.73 Å². The van der Waals surface area contributed by atoms with Crippen LogP contribution in [0, 0.1) is 0 Å². The van der Waals surface area contributed by atoms with Crippen LogP contribution in [0.1, 0.15) is 24.7 Å². The van der Waals surface area contributed by atoms with E-state index in [9.17, 15) is 0 Å². The third-order valence-corrected chi connectivity index (χ3v) is 3.65. The Morgan fingerprint density at radius 3 is 2.67 bits per heavy atom. The van der Waals surface area contributed by atoms with Crippen LogP contribution < -0.4 is 5.73 Å². The Morgan fingerprint density at radius 2 is 1.90 bits per heavy atom. The van der Waals surface area contributed by atoms with Crippen molar-refractivity contribution in [3.63, 3.8) is 0 Å². The summed E-state index contributed by atoms with van der Waals surface area (Å²) in [5.41, 5.74) is 8.30. The van der Waals surface area contributed by atoms with Crippen molar-refractivity contribution in [2.75, 3.05) is 0 Å². The molecular formula is C16H19N5. The van der Waals surface area contributed by atoms with Gasteiger partial charge in [-0.25, -0.2) is 15.0 Å². The zero-order valence-corrected chi connectivity index (χ0v) is 12.1. The minimum Gasteiger partial charge on any atom is -0.327 e. The molecule has 0 spiro atoms. The number of fused-ring (bicyclic) bond motifs is 1. The fourth-order valence-electron chi connectivity index (χ4n) is 2.47. The zero-order chi connectivity index (χ0) is 14.7. The molecule has 2 N–H and O–H groups in total. The largest absolute Gasteiger partial charge is 0.327 e. The van der Waals surface area contributed by atoms with Gasteiger partial charge in [0.2, 0.25) is 0 Å². The highest BCUT2D eigenvalue weighted by atomic mass is 15.1. The summed E-state index contributed by atoms with van der Waals surface area (Å²) in [5.74, 6) is 0.784. The average molecular weight is 281 g/mol. The maximum atomic E-state index is 6.10. The van der Waals surface area contributed by atoms with Crippen molar-refractivity contribution in [3.05, 3.63) is 54.4 Å². The quantitative estimate of drug-likeness (QED) is 0.778. The highest BCUT2D eigenvalue weighted by Gasteiger charge is 2.12. The van der Waals surface area contributed by atoms with E-state index in [1.807, 2.05) is 18.3 Å². The van der Waals surface area contributed by atoms with Crippen LogP contribution in [-0.4, -0.2) is 25.6 Å². The monoisotopic (exact) mass is 281 g/mol. The van der Waals surface area contributed by atoms with Gasteiger partial charge in [-0.3, -0.25) is 0 Å². The first-order valence-corrected chi connectivity index (χ1v) is 7.22. The molecule has 0 aliphatic carbocycles. The normalized spacial score (nSPS) is 12.7. The smallest absolute Gasteiger partial charge is 0.147 e. The van der Waals surface area contributed by atoms with E-state index in [0.29, 0.717) is 6.54 Å². The molecule has 5 heteroatoms. The molecule has 0 saturated carbocycles. The van der Waals surface area contributed by atoms with Crippen molar-refractivity contribution in [1.29, 1.82) is 0 Å². The van der Waals surface area contributed by atoms with E-state index in [1.165, 1.54) is 5.56 Å². The van der Waals surface area contributed by atoms with Gasteiger partial charge in [-0.1, -0.05) is 6.92 Å². The van der Waals surface area contributed by atoms with Crippen molar-refractivity contribution < 1.29 is 0 Å². The first-order chi connectivity index (χ1) is 10.3. The van der Waals surface area contributed by atoms with E-state index < -0.39 is 0 Å². The zero-order valence-electron chi connectivity index (χ0n) is 12.1. The van der Waals surface area contributed by atoms with E-state index in [2.05, 4.69) is 38.7 Å². The number of nitrogens with two attached hydrogens (primary N) is 1. The molecule has 3 heterocycles. The van der Waals surface area contributed by atoms with Gasteiger partial charge in [0.1, 0.15) is 11.5 Å². The molecule has 21 heavy (non-hydrogen) atoms.